The van der Waals surface area contributed by atoms with Crippen LogP contribution in [0.4, 0.5) is 0 Å². The Kier molecular flexibility index (Phi) is 6.49. The van der Waals surface area contributed by atoms with Gasteiger partial charge in [-0.25, -0.2) is 9.78 Å². The number of aromatic nitrogens is 2. The molecule has 9 heteroatoms. The molecule has 9 nitrogen and oxygen atoms in total. The van der Waals surface area contributed by atoms with Gasteiger partial charge in [0.05, 0.1) is 17.3 Å². The molecule has 0 fully saturated rings. The van der Waals surface area contributed by atoms with Gasteiger partial charge in [-0.05, 0) is 65.8 Å². The third-order valence-electron chi connectivity index (χ3n) is 6.77. The summed E-state index contributed by atoms with van der Waals surface area (Å²) in [6.07, 6.45) is -0.776. The van der Waals surface area contributed by atoms with Crippen molar-refractivity contribution in [3.05, 3.63) is 83.4 Å². The second-order valence-electron chi connectivity index (χ2n) is 9.48. The van der Waals surface area contributed by atoms with E-state index in [1.807, 2.05) is 24.3 Å². The standard InChI is InChI=1S/C30H25N3O6/c1-15-6-7-18(10-16(15)2)17-4-3-5-20(11-17)28-31-22-9-8-19-12-21(13-24(34)26(19)27(22)33-28)29(37)32-23(30(38)39)14-25(35)36/h3-13,23,34H,14H2,1-2H3,(H,31,33)(H,32,37)(H,35,36)(H,38,39)/t23-/m0/s1. The van der Waals surface area contributed by atoms with Crippen LogP contribution in [0.3, 0.4) is 0 Å². The van der Waals surface area contributed by atoms with Gasteiger partial charge >= 0.3 is 11.9 Å². The minimum Gasteiger partial charge on any atom is -0.507 e. The van der Waals surface area contributed by atoms with Crippen LogP contribution in [-0.2, 0) is 9.59 Å². The summed E-state index contributed by atoms with van der Waals surface area (Å²) >= 11 is 0. The molecular weight excluding hydrogens is 498 g/mol. The molecule has 1 amide bonds. The normalized spacial score (nSPS) is 11.9. The highest BCUT2D eigenvalue weighted by Gasteiger charge is 2.24. The Morgan fingerprint density at radius 1 is 0.897 bits per heavy atom. The lowest BCUT2D eigenvalue weighted by Gasteiger charge is -2.13. The summed E-state index contributed by atoms with van der Waals surface area (Å²) < 4.78 is 0. The average molecular weight is 524 g/mol. The maximum absolute atomic E-state index is 12.7. The lowest BCUT2D eigenvalue weighted by Crippen LogP contribution is -2.42. The molecule has 4 aromatic carbocycles. The maximum Gasteiger partial charge on any atom is 0.326 e. The number of carboxylic acid groups (broad SMARTS) is 2. The van der Waals surface area contributed by atoms with Gasteiger partial charge in [-0.15, -0.1) is 0 Å². The zero-order valence-electron chi connectivity index (χ0n) is 21.1. The van der Waals surface area contributed by atoms with Crippen LogP contribution >= 0.6 is 0 Å². The van der Waals surface area contributed by atoms with Gasteiger partial charge in [-0.1, -0.05) is 42.5 Å². The first kappa shape index (κ1) is 25.5. The van der Waals surface area contributed by atoms with Crippen molar-refractivity contribution < 1.29 is 29.7 Å². The van der Waals surface area contributed by atoms with Crippen LogP contribution in [0.25, 0.3) is 44.3 Å². The van der Waals surface area contributed by atoms with E-state index in [-0.39, 0.29) is 11.3 Å². The number of aromatic hydroxyl groups is 1. The first-order chi connectivity index (χ1) is 18.6. The Hall–Kier alpha value is -5.18. The van der Waals surface area contributed by atoms with E-state index in [0.717, 1.165) is 16.7 Å². The Morgan fingerprint density at radius 3 is 2.36 bits per heavy atom. The van der Waals surface area contributed by atoms with Gasteiger partial charge in [-0.3, -0.25) is 9.59 Å². The van der Waals surface area contributed by atoms with Crippen molar-refractivity contribution in [2.75, 3.05) is 0 Å². The van der Waals surface area contributed by atoms with E-state index in [1.54, 1.807) is 12.1 Å². The maximum atomic E-state index is 12.7. The Balaban J connectivity index is 1.51. The summed E-state index contributed by atoms with van der Waals surface area (Å²) in [5.74, 6) is -3.24. The number of carbonyl (C=O) groups is 3. The van der Waals surface area contributed by atoms with E-state index in [9.17, 15) is 24.6 Å². The minimum absolute atomic E-state index is 0.00663. The van der Waals surface area contributed by atoms with Crippen molar-refractivity contribution in [2.45, 2.75) is 26.3 Å². The van der Waals surface area contributed by atoms with Gasteiger partial charge in [0.2, 0.25) is 0 Å². The molecule has 1 aromatic heterocycles. The summed E-state index contributed by atoms with van der Waals surface area (Å²) in [5.41, 5.74) is 6.63. The highest BCUT2D eigenvalue weighted by molar-refractivity contribution is 6.11. The van der Waals surface area contributed by atoms with Gasteiger partial charge in [0.15, 0.2) is 0 Å². The van der Waals surface area contributed by atoms with Crippen molar-refractivity contribution in [1.82, 2.24) is 15.3 Å². The number of aliphatic carboxylic acids is 2. The first-order valence-corrected chi connectivity index (χ1v) is 12.2. The third kappa shape index (κ3) is 5.02. The Morgan fingerprint density at radius 2 is 1.64 bits per heavy atom. The molecule has 196 valence electrons. The minimum atomic E-state index is -1.61. The van der Waals surface area contributed by atoms with Crippen LogP contribution < -0.4 is 5.32 Å². The molecule has 5 rings (SSSR count). The highest BCUT2D eigenvalue weighted by atomic mass is 16.4. The lowest BCUT2D eigenvalue weighted by molar-refractivity contribution is -0.145. The van der Waals surface area contributed by atoms with E-state index in [4.69, 9.17) is 10.1 Å². The molecule has 1 atom stereocenters. The number of nitrogens with zero attached hydrogens (tertiary/aromatic N) is 1. The molecule has 5 aromatic rings. The van der Waals surface area contributed by atoms with Crippen LogP contribution in [0, 0.1) is 13.8 Å². The number of amides is 1. The van der Waals surface area contributed by atoms with Crippen LogP contribution in [0.15, 0.2) is 66.7 Å². The monoisotopic (exact) mass is 523 g/mol. The van der Waals surface area contributed by atoms with Crippen molar-refractivity contribution in [3.8, 4) is 28.3 Å². The number of aromatic amines is 1. The molecule has 0 bridgehead atoms. The molecule has 39 heavy (non-hydrogen) atoms. The molecular formula is C30H25N3O6. The predicted molar refractivity (Wildman–Crippen MR) is 147 cm³/mol. The number of phenolic OH excluding ortho intramolecular Hbond substituents is 1. The number of carboxylic acids is 2. The fourth-order valence-corrected chi connectivity index (χ4v) is 4.56. The molecule has 1 heterocycles. The Labute approximate surface area is 222 Å². The summed E-state index contributed by atoms with van der Waals surface area (Å²) in [6, 6.07) is 18.9. The Bertz CT molecular complexity index is 1790. The zero-order chi connectivity index (χ0) is 27.8. The molecule has 0 saturated carbocycles. The number of aryl methyl sites for hydroxylation is 2. The number of benzene rings is 4. The van der Waals surface area contributed by atoms with Crippen molar-refractivity contribution in [2.24, 2.45) is 0 Å². The van der Waals surface area contributed by atoms with E-state index in [2.05, 4.69) is 42.3 Å². The van der Waals surface area contributed by atoms with Gasteiger partial charge in [0.25, 0.3) is 5.91 Å². The molecule has 0 aliphatic rings. The summed E-state index contributed by atoms with van der Waals surface area (Å²) in [6.45, 7) is 4.15. The first-order valence-electron chi connectivity index (χ1n) is 12.2. The number of phenols is 1. The van der Waals surface area contributed by atoms with Crippen LogP contribution in [0.5, 0.6) is 5.75 Å². The van der Waals surface area contributed by atoms with Gasteiger partial charge in [0, 0.05) is 11.1 Å². The van der Waals surface area contributed by atoms with Crippen LogP contribution in [0.1, 0.15) is 27.9 Å². The van der Waals surface area contributed by atoms with Crippen LogP contribution in [-0.4, -0.2) is 49.2 Å². The number of carbonyl (C=O) groups excluding carboxylic acids is 1. The largest absolute Gasteiger partial charge is 0.507 e. The second-order valence-corrected chi connectivity index (χ2v) is 9.48. The molecule has 0 spiro atoms. The van der Waals surface area contributed by atoms with E-state index in [0.29, 0.717) is 27.6 Å². The topological polar surface area (TPSA) is 153 Å². The summed E-state index contributed by atoms with van der Waals surface area (Å²) in [5, 5.41) is 32.1. The lowest BCUT2D eigenvalue weighted by atomic mass is 9.99. The highest BCUT2D eigenvalue weighted by Crippen LogP contribution is 2.35. The summed E-state index contributed by atoms with van der Waals surface area (Å²) in [7, 11) is 0. The number of rotatable bonds is 7. The second kappa shape index (κ2) is 9.94. The van der Waals surface area contributed by atoms with E-state index in [1.165, 1.54) is 23.3 Å². The molecule has 0 radical (unpaired) electrons. The summed E-state index contributed by atoms with van der Waals surface area (Å²) in [4.78, 5) is 43.0. The quantitative estimate of drug-likeness (QED) is 0.201. The van der Waals surface area contributed by atoms with E-state index < -0.39 is 30.3 Å². The van der Waals surface area contributed by atoms with Crippen molar-refractivity contribution in [1.29, 1.82) is 0 Å². The number of nitrogens with one attached hydrogen (secondary N) is 2. The predicted octanol–water partition coefficient (Wildman–Crippen LogP) is 5.03. The third-order valence-corrected chi connectivity index (χ3v) is 6.77. The smallest absolute Gasteiger partial charge is 0.326 e. The van der Waals surface area contributed by atoms with Gasteiger partial charge in [0.1, 0.15) is 23.1 Å². The number of H-pyrrole nitrogens is 1. The van der Waals surface area contributed by atoms with Crippen molar-refractivity contribution >= 4 is 39.7 Å². The van der Waals surface area contributed by atoms with Gasteiger partial charge < -0.3 is 25.6 Å². The van der Waals surface area contributed by atoms with Crippen LogP contribution in [0.2, 0.25) is 0 Å². The number of imidazole rings is 1. The molecule has 0 unspecified atom stereocenters. The van der Waals surface area contributed by atoms with Gasteiger partial charge in [-0.2, -0.15) is 0 Å². The zero-order valence-corrected chi connectivity index (χ0v) is 21.1. The molecule has 0 saturated heterocycles. The number of fused-ring (bicyclic) bond motifs is 3. The number of hydrogen-bond donors (Lipinski definition) is 5. The molecule has 5 N–H and O–H groups in total. The fourth-order valence-electron chi connectivity index (χ4n) is 4.56. The average Bonchev–Trinajstić information content (AvgIpc) is 3.34. The van der Waals surface area contributed by atoms with Crippen molar-refractivity contribution in [3.63, 3.8) is 0 Å². The molecule has 0 aliphatic carbocycles. The van der Waals surface area contributed by atoms with E-state index >= 15 is 0 Å². The fraction of sp³-hybridized carbons (Fsp3) is 0.133. The molecule has 0 aliphatic heterocycles. The SMILES string of the molecule is Cc1ccc(-c2cccc(-c3nc4c(ccc5cc(C(=O)N[C@@H](CC(=O)O)C(=O)O)cc(O)c54)[nH]3)c2)cc1C. The number of hydrogen-bond acceptors (Lipinski definition) is 5.